The van der Waals surface area contributed by atoms with Gasteiger partial charge < -0.3 is 10.4 Å². The number of nitrogens with zero attached hydrogens (tertiary/aromatic N) is 2. The van der Waals surface area contributed by atoms with E-state index in [-0.39, 0.29) is 5.15 Å². The summed E-state index contributed by atoms with van der Waals surface area (Å²) in [7, 11) is 0. The first-order valence-corrected chi connectivity index (χ1v) is 10.9. The molecule has 1 atom stereocenters. The van der Waals surface area contributed by atoms with Crippen LogP contribution in [0.4, 0.5) is 11.5 Å². The van der Waals surface area contributed by atoms with Crippen molar-refractivity contribution in [1.82, 2.24) is 9.97 Å². The molecule has 0 spiro atoms. The van der Waals surface area contributed by atoms with Crippen molar-refractivity contribution in [1.29, 1.82) is 0 Å². The average Bonchev–Trinajstić information content (AvgIpc) is 2.74. The van der Waals surface area contributed by atoms with Gasteiger partial charge >= 0.3 is 5.97 Å². The van der Waals surface area contributed by atoms with E-state index in [1.165, 1.54) is 0 Å². The number of aromatic nitrogens is 2. The molecule has 0 radical (unpaired) electrons. The molecule has 0 saturated carbocycles. The number of aliphatic carboxylic acids is 1. The van der Waals surface area contributed by atoms with Gasteiger partial charge in [0.05, 0.1) is 0 Å². The zero-order valence-electron chi connectivity index (χ0n) is 17.0. The van der Waals surface area contributed by atoms with E-state index in [2.05, 4.69) is 15.3 Å². The van der Waals surface area contributed by atoms with Gasteiger partial charge in [0.15, 0.2) is 5.16 Å². The van der Waals surface area contributed by atoms with Gasteiger partial charge in [0.25, 0.3) is 0 Å². The fourth-order valence-electron chi connectivity index (χ4n) is 3.37. The number of hydrogen-bond acceptors (Lipinski definition) is 5. The van der Waals surface area contributed by atoms with Gasteiger partial charge in [-0.05, 0) is 47.4 Å². The van der Waals surface area contributed by atoms with Crippen LogP contribution in [-0.4, -0.2) is 21.0 Å². The van der Waals surface area contributed by atoms with Gasteiger partial charge in [-0.15, -0.1) is 0 Å². The Morgan fingerprint density at radius 3 is 2.58 bits per heavy atom. The van der Waals surface area contributed by atoms with E-state index in [1.54, 1.807) is 6.07 Å². The summed E-state index contributed by atoms with van der Waals surface area (Å²) in [6.07, 6.45) is 0. The second-order valence-corrected chi connectivity index (χ2v) is 8.59. The quantitative estimate of drug-likeness (QED) is 0.197. The summed E-state index contributed by atoms with van der Waals surface area (Å²) in [5, 5.41) is 14.8. The first-order valence-electron chi connectivity index (χ1n) is 9.67. The maximum atomic E-state index is 12.2. The number of halogens is 1. The summed E-state index contributed by atoms with van der Waals surface area (Å²) in [5.74, 6) is -0.452. The lowest BCUT2D eigenvalue weighted by atomic mass is 10.0. The zero-order chi connectivity index (χ0) is 22.0. The number of fused-ring (bicyclic) bond motifs is 1. The average molecular weight is 450 g/mol. The highest BCUT2D eigenvalue weighted by atomic mass is 35.5. The Kier molecular flexibility index (Phi) is 6.11. The van der Waals surface area contributed by atoms with E-state index < -0.39 is 11.2 Å². The van der Waals surface area contributed by atoms with E-state index in [1.807, 2.05) is 74.5 Å². The molecular formula is C24H20ClN3O2S. The third kappa shape index (κ3) is 4.65. The van der Waals surface area contributed by atoms with Crippen molar-refractivity contribution < 1.29 is 9.90 Å². The van der Waals surface area contributed by atoms with Crippen molar-refractivity contribution in [2.75, 3.05) is 5.32 Å². The Labute approximate surface area is 189 Å². The molecule has 5 nitrogen and oxygen atoms in total. The van der Waals surface area contributed by atoms with Gasteiger partial charge in [0, 0.05) is 11.8 Å². The number of carboxylic acids is 1. The first-order chi connectivity index (χ1) is 14.9. The monoisotopic (exact) mass is 449 g/mol. The van der Waals surface area contributed by atoms with Crippen LogP contribution in [0.15, 0.2) is 71.9 Å². The van der Waals surface area contributed by atoms with Gasteiger partial charge in [-0.2, -0.15) is 0 Å². The summed E-state index contributed by atoms with van der Waals surface area (Å²) in [5.41, 5.74) is 3.87. The molecule has 2 N–H and O–H groups in total. The molecule has 3 aromatic carbocycles. The van der Waals surface area contributed by atoms with E-state index in [0.29, 0.717) is 16.5 Å². The third-order valence-electron chi connectivity index (χ3n) is 5.10. The maximum absolute atomic E-state index is 12.2. The lowest BCUT2D eigenvalue weighted by Crippen LogP contribution is -2.10. The maximum Gasteiger partial charge on any atom is 0.321 e. The molecule has 0 aliphatic heterocycles. The largest absolute Gasteiger partial charge is 0.480 e. The molecule has 31 heavy (non-hydrogen) atoms. The molecule has 0 fully saturated rings. The van der Waals surface area contributed by atoms with Crippen LogP contribution in [-0.2, 0) is 4.79 Å². The Bertz CT molecular complexity index is 1270. The number of rotatable bonds is 6. The predicted octanol–water partition coefficient (Wildman–Crippen LogP) is 6.56. The van der Waals surface area contributed by atoms with Crippen LogP contribution >= 0.6 is 23.4 Å². The zero-order valence-corrected chi connectivity index (χ0v) is 18.5. The molecule has 156 valence electrons. The lowest BCUT2D eigenvalue weighted by Gasteiger charge is -2.15. The Balaban J connectivity index is 1.68. The topological polar surface area (TPSA) is 75.1 Å². The molecule has 0 amide bonds. The van der Waals surface area contributed by atoms with Crippen LogP contribution in [0.3, 0.4) is 0 Å². The van der Waals surface area contributed by atoms with Crippen LogP contribution in [0.5, 0.6) is 0 Å². The number of thioether (sulfide) groups is 1. The summed E-state index contributed by atoms with van der Waals surface area (Å²) in [6, 6.07) is 21.0. The molecular weight excluding hydrogens is 430 g/mol. The van der Waals surface area contributed by atoms with Crippen molar-refractivity contribution >= 4 is 51.6 Å². The van der Waals surface area contributed by atoms with E-state index >= 15 is 0 Å². The minimum atomic E-state index is -0.964. The van der Waals surface area contributed by atoms with Gasteiger partial charge in [0.2, 0.25) is 0 Å². The fraction of sp³-hybridized carbons (Fsp3) is 0.125. The second kappa shape index (κ2) is 8.96. The SMILES string of the molecule is Cc1cccc(Nc2cc(Cl)nc(SC(C(=O)O)c3cccc4ccccc34)n2)c1C. The highest BCUT2D eigenvalue weighted by Gasteiger charge is 2.25. The first kappa shape index (κ1) is 21.2. The van der Waals surface area contributed by atoms with Gasteiger partial charge in [-0.1, -0.05) is 78.0 Å². The van der Waals surface area contributed by atoms with Crippen molar-refractivity contribution in [3.05, 3.63) is 88.6 Å². The normalized spacial score (nSPS) is 12.0. The molecule has 4 rings (SSSR count). The molecule has 1 unspecified atom stereocenters. The molecule has 0 aliphatic rings. The minimum absolute atomic E-state index is 0.243. The number of aryl methyl sites for hydroxylation is 1. The molecule has 0 bridgehead atoms. The summed E-state index contributed by atoms with van der Waals surface area (Å²) in [6.45, 7) is 4.06. The fourth-order valence-corrected chi connectivity index (χ4v) is 4.55. The van der Waals surface area contributed by atoms with E-state index in [0.717, 1.165) is 39.3 Å². The Hall–Kier alpha value is -3.09. The minimum Gasteiger partial charge on any atom is -0.480 e. The van der Waals surface area contributed by atoms with Crippen LogP contribution < -0.4 is 5.32 Å². The molecule has 0 aliphatic carbocycles. The smallest absolute Gasteiger partial charge is 0.321 e. The van der Waals surface area contributed by atoms with Crippen LogP contribution in [0.2, 0.25) is 5.15 Å². The highest BCUT2D eigenvalue weighted by molar-refractivity contribution is 8.00. The van der Waals surface area contributed by atoms with Crippen LogP contribution in [0.1, 0.15) is 21.9 Å². The van der Waals surface area contributed by atoms with Crippen molar-refractivity contribution in [3.8, 4) is 0 Å². The lowest BCUT2D eigenvalue weighted by molar-refractivity contribution is -0.136. The van der Waals surface area contributed by atoms with Gasteiger partial charge in [0.1, 0.15) is 16.2 Å². The van der Waals surface area contributed by atoms with Crippen LogP contribution in [0, 0.1) is 13.8 Å². The van der Waals surface area contributed by atoms with Crippen molar-refractivity contribution in [3.63, 3.8) is 0 Å². The van der Waals surface area contributed by atoms with E-state index in [4.69, 9.17) is 11.6 Å². The molecule has 4 aromatic rings. The predicted molar refractivity (Wildman–Crippen MR) is 126 cm³/mol. The summed E-state index contributed by atoms with van der Waals surface area (Å²) >= 11 is 7.30. The standard InChI is InChI=1S/C24H20ClN3O2S/c1-14-7-5-12-19(15(14)2)26-21-13-20(25)27-24(28-21)31-22(23(29)30)18-11-6-9-16-8-3-4-10-17(16)18/h3-13,22H,1-2H3,(H,29,30)(H,26,27,28). The number of nitrogens with one attached hydrogen (secondary N) is 1. The number of carbonyl (C=O) groups is 1. The van der Waals surface area contributed by atoms with Crippen molar-refractivity contribution in [2.45, 2.75) is 24.3 Å². The number of benzene rings is 3. The van der Waals surface area contributed by atoms with Crippen molar-refractivity contribution in [2.24, 2.45) is 0 Å². The Morgan fingerprint density at radius 2 is 1.77 bits per heavy atom. The molecule has 1 aromatic heterocycles. The number of carboxylic acid groups (broad SMARTS) is 1. The second-order valence-electron chi connectivity index (χ2n) is 7.14. The molecule has 7 heteroatoms. The molecule has 1 heterocycles. The van der Waals surface area contributed by atoms with Gasteiger partial charge in [-0.3, -0.25) is 4.79 Å². The van der Waals surface area contributed by atoms with Gasteiger partial charge in [-0.25, -0.2) is 9.97 Å². The summed E-state index contributed by atoms with van der Waals surface area (Å²) in [4.78, 5) is 20.9. The number of hydrogen-bond donors (Lipinski definition) is 2. The summed E-state index contributed by atoms with van der Waals surface area (Å²) < 4.78 is 0. The van der Waals surface area contributed by atoms with E-state index in [9.17, 15) is 9.90 Å². The molecule has 0 saturated heterocycles. The highest BCUT2D eigenvalue weighted by Crippen LogP contribution is 2.38. The van der Waals surface area contributed by atoms with Crippen LogP contribution in [0.25, 0.3) is 10.8 Å². The Morgan fingerprint density at radius 1 is 1.03 bits per heavy atom. The third-order valence-corrected chi connectivity index (χ3v) is 6.37. The number of anilines is 2.